The van der Waals surface area contributed by atoms with Crippen molar-refractivity contribution in [3.8, 4) is 33.6 Å². The summed E-state index contributed by atoms with van der Waals surface area (Å²) in [5.41, 5.74) is 10.6. The van der Waals surface area contributed by atoms with E-state index in [0.717, 1.165) is 59.3 Å². The van der Waals surface area contributed by atoms with Gasteiger partial charge in [-0.1, -0.05) is 109 Å². The van der Waals surface area contributed by atoms with E-state index in [-0.39, 0.29) is 6.10 Å². The van der Waals surface area contributed by atoms with Crippen molar-refractivity contribution in [3.63, 3.8) is 0 Å². The predicted octanol–water partition coefficient (Wildman–Crippen LogP) is 7.17. The second-order valence-corrected chi connectivity index (χ2v) is 9.68. The molecular weight excluding hydrogens is 440 g/mol. The van der Waals surface area contributed by atoms with Crippen LogP contribution in [0.2, 0.25) is 0 Å². The largest absolute Gasteiger partial charge is 0.393 e. The summed E-state index contributed by atoms with van der Waals surface area (Å²) in [6, 6.07) is 38.4. The zero-order chi connectivity index (χ0) is 24.3. The molecule has 1 N–H and O–H groups in total. The third-order valence-corrected chi connectivity index (χ3v) is 7.15. The quantitative estimate of drug-likeness (QED) is 0.277. The Bertz CT molecular complexity index is 1460. The van der Waals surface area contributed by atoms with Crippen molar-refractivity contribution < 1.29 is 5.11 Å². The fourth-order valence-corrected chi connectivity index (χ4v) is 5.41. The van der Waals surface area contributed by atoms with Crippen LogP contribution in [0.1, 0.15) is 29.5 Å². The van der Waals surface area contributed by atoms with Gasteiger partial charge in [0.1, 0.15) is 5.69 Å². The minimum absolute atomic E-state index is 0.227. The molecule has 0 fully saturated rings. The van der Waals surface area contributed by atoms with Crippen LogP contribution in [0.25, 0.3) is 33.6 Å². The van der Waals surface area contributed by atoms with Gasteiger partial charge in [0.15, 0.2) is 0 Å². The van der Waals surface area contributed by atoms with Gasteiger partial charge in [-0.3, -0.25) is 4.68 Å². The molecule has 0 saturated heterocycles. The van der Waals surface area contributed by atoms with E-state index in [1.807, 2.05) is 6.07 Å². The first kappa shape index (κ1) is 22.5. The van der Waals surface area contributed by atoms with Crippen LogP contribution in [-0.2, 0) is 19.4 Å². The van der Waals surface area contributed by atoms with Crippen LogP contribution in [0.4, 0.5) is 0 Å². The van der Waals surface area contributed by atoms with Gasteiger partial charge in [0.25, 0.3) is 0 Å². The highest BCUT2D eigenvalue weighted by atomic mass is 16.3. The predicted molar refractivity (Wildman–Crippen MR) is 147 cm³/mol. The monoisotopic (exact) mass is 470 g/mol. The van der Waals surface area contributed by atoms with E-state index >= 15 is 0 Å². The number of aliphatic hydroxyl groups excluding tert-OH is 1. The lowest BCUT2D eigenvalue weighted by atomic mass is 9.95. The first-order valence-corrected chi connectivity index (χ1v) is 12.8. The van der Waals surface area contributed by atoms with E-state index in [2.05, 4.69) is 108 Å². The molecule has 1 aromatic heterocycles. The number of nitrogens with zero attached hydrogens (tertiary/aromatic N) is 2. The highest BCUT2D eigenvalue weighted by Crippen LogP contribution is 2.40. The summed E-state index contributed by atoms with van der Waals surface area (Å²) in [7, 11) is 0. The van der Waals surface area contributed by atoms with Crippen LogP contribution in [0.3, 0.4) is 0 Å². The van der Waals surface area contributed by atoms with Crippen molar-refractivity contribution in [2.75, 3.05) is 0 Å². The summed E-state index contributed by atoms with van der Waals surface area (Å²) >= 11 is 0. The van der Waals surface area contributed by atoms with Gasteiger partial charge in [-0.15, -0.1) is 0 Å². The first-order chi connectivity index (χ1) is 17.8. The van der Waals surface area contributed by atoms with E-state index in [4.69, 9.17) is 5.10 Å². The molecule has 6 rings (SSSR count). The van der Waals surface area contributed by atoms with Crippen LogP contribution in [0.5, 0.6) is 0 Å². The summed E-state index contributed by atoms with van der Waals surface area (Å²) < 4.78 is 2.17. The molecule has 1 aliphatic rings. The highest BCUT2D eigenvalue weighted by Gasteiger charge is 2.22. The van der Waals surface area contributed by atoms with Gasteiger partial charge >= 0.3 is 0 Å². The molecule has 36 heavy (non-hydrogen) atoms. The summed E-state index contributed by atoms with van der Waals surface area (Å²) in [5, 5.41) is 15.5. The lowest BCUT2D eigenvalue weighted by Gasteiger charge is -2.13. The molecule has 1 aliphatic carbocycles. The van der Waals surface area contributed by atoms with Gasteiger partial charge in [-0.2, -0.15) is 5.10 Å². The lowest BCUT2D eigenvalue weighted by molar-refractivity contribution is 0.165. The maximum Gasteiger partial charge on any atom is 0.101 e. The van der Waals surface area contributed by atoms with E-state index in [0.29, 0.717) is 6.54 Å². The van der Waals surface area contributed by atoms with Crippen molar-refractivity contribution >= 4 is 0 Å². The number of aliphatic hydroxyl groups is 1. The maximum atomic E-state index is 10.2. The third-order valence-electron chi connectivity index (χ3n) is 7.15. The molecule has 5 aromatic rings. The standard InChI is InChI=1S/C33H30N2O/c36-30-18-10-17-28-21-24(19-20-29(28)22-30)23-35-33(27-15-8-3-9-16-27)31(25-11-4-1-5-12-25)32(34-35)26-13-6-2-7-14-26/h1-9,11-16,19-21,30,36H,10,17-18,22-23H2. The molecule has 0 amide bonds. The molecule has 0 spiro atoms. The topological polar surface area (TPSA) is 38.0 Å². The molecule has 0 bridgehead atoms. The Morgan fingerprint density at radius 3 is 2.06 bits per heavy atom. The van der Waals surface area contributed by atoms with Crippen molar-refractivity contribution in [2.24, 2.45) is 0 Å². The number of fused-ring (bicyclic) bond motifs is 1. The van der Waals surface area contributed by atoms with Gasteiger partial charge in [-0.05, 0) is 47.9 Å². The number of aryl methyl sites for hydroxylation is 1. The fourth-order valence-electron chi connectivity index (χ4n) is 5.41. The molecule has 1 atom stereocenters. The Morgan fingerprint density at radius 1 is 0.722 bits per heavy atom. The minimum Gasteiger partial charge on any atom is -0.393 e. The molecule has 0 aliphatic heterocycles. The Kier molecular flexibility index (Phi) is 6.23. The molecule has 3 heteroatoms. The van der Waals surface area contributed by atoms with Crippen LogP contribution in [0.15, 0.2) is 109 Å². The molecule has 3 nitrogen and oxygen atoms in total. The normalized spacial score (nSPS) is 15.3. The number of benzene rings is 4. The first-order valence-electron chi connectivity index (χ1n) is 12.8. The van der Waals surface area contributed by atoms with Crippen LogP contribution in [0, 0.1) is 0 Å². The molecule has 0 saturated carbocycles. The fraction of sp³-hybridized carbons (Fsp3) is 0.182. The molecular formula is C33H30N2O. The van der Waals surface area contributed by atoms with Crippen molar-refractivity contribution in [1.82, 2.24) is 9.78 Å². The van der Waals surface area contributed by atoms with Gasteiger partial charge in [0.2, 0.25) is 0 Å². The highest BCUT2D eigenvalue weighted by molar-refractivity contribution is 5.91. The van der Waals surface area contributed by atoms with Crippen LogP contribution in [-0.4, -0.2) is 21.0 Å². The summed E-state index contributed by atoms with van der Waals surface area (Å²) in [6.45, 7) is 0.687. The molecule has 1 unspecified atom stereocenters. The van der Waals surface area contributed by atoms with Crippen molar-refractivity contribution in [3.05, 3.63) is 126 Å². The maximum absolute atomic E-state index is 10.2. The molecule has 4 aromatic carbocycles. The van der Waals surface area contributed by atoms with E-state index in [9.17, 15) is 5.11 Å². The second kappa shape index (κ2) is 9.96. The summed E-state index contributed by atoms with van der Waals surface area (Å²) in [5.74, 6) is 0. The smallest absolute Gasteiger partial charge is 0.101 e. The van der Waals surface area contributed by atoms with E-state index in [1.165, 1.54) is 16.7 Å². The number of rotatable bonds is 5. The average molecular weight is 471 g/mol. The summed E-state index contributed by atoms with van der Waals surface area (Å²) in [6.07, 6.45) is 3.46. The Labute approximate surface area is 212 Å². The number of hydrogen-bond acceptors (Lipinski definition) is 2. The Hall–Kier alpha value is -3.95. The second-order valence-electron chi connectivity index (χ2n) is 9.68. The van der Waals surface area contributed by atoms with E-state index < -0.39 is 0 Å². The van der Waals surface area contributed by atoms with Gasteiger partial charge in [0.05, 0.1) is 18.3 Å². The van der Waals surface area contributed by atoms with E-state index in [1.54, 1.807) is 0 Å². The average Bonchev–Trinajstić information content (AvgIpc) is 3.19. The Balaban J connectivity index is 1.52. The third kappa shape index (κ3) is 4.50. The number of hydrogen-bond donors (Lipinski definition) is 1. The minimum atomic E-state index is -0.227. The lowest BCUT2D eigenvalue weighted by Crippen LogP contribution is -2.09. The number of aromatic nitrogens is 2. The summed E-state index contributed by atoms with van der Waals surface area (Å²) in [4.78, 5) is 0. The van der Waals surface area contributed by atoms with Gasteiger partial charge in [0, 0.05) is 16.7 Å². The molecule has 178 valence electrons. The Morgan fingerprint density at radius 2 is 1.36 bits per heavy atom. The van der Waals surface area contributed by atoms with Gasteiger partial charge < -0.3 is 5.11 Å². The van der Waals surface area contributed by atoms with Crippen molar-refractivity contribution in [1.29, 1.82) is 0 Å². The molecule has 1 heterocycles. The van der Waals surface area contributed by atoms with Crippen LogP contribution < -0.4 is 0 Å². The zero-order valence-corrected chi connectivity index (χ0v) is 20.3. The van der Waals surface area contributed by atoms with Crippen LogP contribution >= 0.6 is 0 Å². The zero-order valence-electron chi connectivity index (χ0n) is 20.3. The van der Waals surface area contributed by atoms with Crippen molar-refractivity contribution in [2.45, 2.75) is 38.3 Å². The molecule has 0 radical (unpaired) electrons. The van der Waals surface area contributed by atoms with Gasteiger partial charge in [-0.25, -0.2) is 0 Å². The SMILES string of the molecule is OC1CCCc2cc(Cn3nc(-c4ccccc4)c(-c4ccccc4)c3-c3ccccc3)ccc2C1.